The second-order valence-corrected chi connectivity index (χ2v) is 5.72. The monoisotopic (exact) mass is 365 g/mol. The molecule has 2 aromatic carbocycles. The van der Waals surface area contributed by atoms with Crippen molar-refractivity contribution in [1.82, 2.24) is 4.98 Å². The van der Waals surface area contributed by atoms with Crippen LogP contribution in [0.1, 0.15) is 27.6 Å². The number of nitrogens with two attached hydrogens (primary N) is 1. The Balaban J connectivity index is 2.16. The van der Waals surface area contributed by atoms with Crippen molar-refractivity contribution < 1.29 is 19.1 Å². The van der Waals surface area contributed by atoms with Gasteiger partial charge in [0.2, 0.25) is 0 Å². The second kappa shape index (κ2) is 7.74. The molecule has 1 heterocycles. The number of esters is 1. The lowest BCUT2D eigenvalue weighted by atomic mass is 10.1. The summed E-state index contributed by atoms with van der Waals surface area (Å²) in [5.41, 5.74) is 7.88. The topological polar surface area (TPSA) is 104 Å². The molecule has 0 aliphatic carbocycles. The van der Waals surface area contributed by atoms with E-state index in [1.165, 1.54) is 6.20 Å². The number of aromatic nitrogens is 1. The van der Waals surface area contributed by atoms with Crippen LogP contribution in [0.3, 0.4) is 0 Å². The van der Waals surface area contributed by atoms with Gasteiger partial charge in [0.25, 0.3) is 5.91 Å². The molecule has 0 saturated heterocycles. The third-order valence-electron chi connectivity index (χ3n) is 3.98. The number of hydrogen-bond donors (Lipinski definition) is 2. The Morgan fingerprint density at radius 3 is 2.70 bits per heavy atom. The lowest BCUT2D eigenvalue weighted by Gasteiger charge is -2.14. The van der Waals surface area contributed by atoms with Crippen molar-refractivity contribution >= 4 is 34.2 Å². The number of primary amides is 1. The number of anilines is 2. The Morgan fingerprint density at radius 1 is 1.19 bits per heavy atom. The number of fused-ring (bicyclic) bond motifs is 1. The first-order valence-corrected chi connectivity index (χ1v) is 8.34. The van der Waals surface area contributed by atoms with Crippen LogP contribution in [0.2, 0.25) is 0 Å². The van der Waals surface area contributed by atoms with Crippen molar-refractivity contribution in [3.8, 4) is 5.75 Å². The second-order valence-electron chi connectivity index (χ2n) is 5.72. The number of benzene rings is 2. The molecule has 1 amide bonds. The quantitative estimate of drug-likeness (QED) is 0.650. The van der Waals surface area contributed by atoms with Crippen molar-refractivity contribution in [2.75, 3.05) is 19.0 Å². The normalized spacial score (nSPS) is 10.4. The molecule has 27 heavy (non-hydrogen) atoms. The van der Waals surface area contributed by atoms with Crippen LogP contribution in [0, 0.1) is 0 Å². The lowest BCUT2D eigenvalue weighted by molar-refractivity contribution is 0.0526. The van der Waals surface area contributed by atoms with E-state index >= 15 is 0 Å². The summed E-state index contributed by atoms with van der Waals surface area (Å²) < 4.78 is 10.3. The molecule has 1 aromatic heterocycles. The molecule has 3 N–H and O–H groups in total. The number of nitrogens with zero attached hydrogens (tertiary/aromatic N) is 1. The van der Waals surface area contributed by atoms with Gasteiger partial charge in [0, 0.05) is 23.3 Å². The molecule has 138 valence electrons. The van der Waals surface area contributed by atoms with Gasteiger partial charge in [-0.05, 0) is 37.3 Å². The third kappa shape index (κ3) is 3.82. The van der Waals surface area contributed by atoms with Gasteiger partial charge in [0.05, 0.1) is 36.0 Å². The zero-order valence-corrected chi connectivity index (χ0v) is 15.0. The van der Waals surface area contributed by atoms with Crippen molar-refractivity contribution in [3.05, 3.63) is 59.8 Å². The van der Waals surface area contributed by atoms with E-state index < -0.39 is 11.9 Å². The number of nitrogens with one attached hydrogen (secondary N) is 1. The average molecular weight is 365 g/mol. The van der Waals surface area contributed by atoms with E-state index in [2.05, 4.69) is 10.3 Å². The van der Waals surface area contributed by atoms with Gasteiger partial charge in [-0.25, -0.2) is 4.79 Å². The molecular formula is C20H19N3O4. The van der Waals surface area contributed by atoms with E-state index in [4.69, 9.17) is 15.2 Å². The summed E-state index contributed by atoms with van der Waals surface area (Å²) in [6.45, 7) is 2.01. The van der Waals surface area contributed by atoms with Gasteiger partial charge in [-0.2, -0.15) is 0 Å². The van der Waals surface area contributed by atoms with Crippen LogP contribution >= 0.6 is 0 Å². The van der Waals surface area contributed by atoms with Crippen LogP contribution in [0.4, 0.5) is 11.4 Å². The highest BCUT2D eigenvalue weighted by atomic mass is 16.5. The molecule has 0 aliphatic heterocycles. The van der Waals surface area contributed by atoms with Crippen molar-refractivity contribution in [2.24, 2.45) is 5.73 Å². The first kappa shape index (κ1) is 18.2. The maximum Gasteiger partial charge on any atom is 0.338 e. The van der Waals surface area contributed by atoms with Crippen LogP contribution in [0.15, 0.2) is 48.7 Å². The minimum absolute atomic E-state index is 0.214. The Labute approximate surface area is 156 Å². The molecule has 7 nitrogen and oxygen atoms in total. The number of amides is 1. The van der Waals surface area contributed by atoms with Crippen molar-refractivity contribution in [2.45, 2.75) is 6.92 Å². The zero-order valence-electron chi connectivity index (χ0n) is 15.0. The van der Waals surface area contributed by atoms with E-state index in [0.29, 0.717) is 33.6 Å². The summed E-state index contributed by atoms with van der Waals surface area (Å²) >= 11 is 0. The molecular weight excluding hydrogens is 346 g/mol. The molecule has 0 fully saturated rings. The van der Waals surface area contributed by atoms with Gasteiger partial charge >= 0.3 is 5.97 Å². The number of methoxy groups -OCH3 is 1. The highest BCUT2D eigenvalue weighted by Gasteiger charge is 2.16. The number of carbonyl (C=O) groups is 2. The number of pyridine rings is 1. The molecule has 7 heteroatoms. The minimum Gasteiger partial charge on any atom is -0.497 e. The van der Waals surface area contributed by atoms with E-state index in [9.17, 15) is 9.59 Å². The fraction of sp³-hybridized carbons (Fsp3) is 0.150. The minimum atomic E-state index is -0.628. The van der Waals surface area contributed by atoms with Gasteiger partial charge in [-0.1, -0.05) is 6.07 Å². The number of hydrogen-bond acceptors (Lipinski definition) is 6. The van der Waals surface area contributed by atoms with Gasteiger partial charge in [0.15, 0.2) is 0 Å². The smallest absolute Gasteiger partial charge is 0.338 e. The highest BCUT2D eigenvalue weighted by Crippen LogP contribution is 2.31. The average Bonchev–Trinajstić information content (AvgIpc) is 2.68. The highest BCUT2D eigenvalue weighted by molar-refractivity contribution is 6.08. The summed E-state index contributed by atoms with van der Waals surface area (Å²) in [5.74, 6) is -0.418. The standard InChI is InChI=1S/C20H19N3O4/c1-3-27-20(25)12-7-8-17-15(9-12)18(16(11-22-17)19(21)24)23-13-5-4-6-14(10-13)26-2/h4-11H,3H2,1-2H3,(H2,21,24)(H,22,23). The van der Waals surface area contributed by atoms with E-state index in [-0.39, 0.29) is 12.2 Å². The Bertz CT molecular complexity index is 1020. The Hall–Kier alpha value is -3.61. The number of carbonyl (C=O) groups excluding carboxylic acids is 2. The van der Waals surface area contributed by atoms with Crippen LogP contribution < -0.4 is 15.8 Å². The fourth-order valence-corrected chi connectivity index (χ4v) is 2.70. The van der Waals surface area contributed by atoms with Gasteiger partial charge in [0.1, 0.15) is 5.75 Å². The fourth-order valence-electron chi connectivity index (χ4n) is 2.70. The molecule has 0 saturated carbocycles. The predicted octanol–water partition coefficient (Wildman–Crippen LogP) is 3.26. The van der Waals surface area contributed by atoms with Crippen LogP contribution in [-0.4, -0.2) is 30.6 Å². The van der Waals surface area contributed by atoms with E-state index in [1.807, 2.05) is 18.2 Å². The largest absolute Gasteiger partial charge is 0.497 e. The summed E-state index contributed by atoms with van der Waals surface area (Å²) in [6.07, 6.45) is 1.41. The van der Waals surface area contributed by atoms with Crippen LogP contribution in [-0.2, 0) is 4.74 Å². The molecule has 3 aromatic rings. The molecule has 0 unspecified atom stereocenters. The number of rotatable bonds is 6. The third-order valence-corrected chi connectivity index (χ3v) is 3.98. The van der Waals surface area contributed by atoms with Crippen LogP contribution in [0.25, 0.3) is 10.9 Å². The van der Waals surface area contributed by atoms with Crippen molar-refractivity contribution in [3.63, 3.8) is 0 Å². The Kier molecular flexibility index (Phi) is 5.21. The summed E-state index contributed by atoms with van der Waals surface area (Å²) in [4.78, 5) is 28.3. The maximum atomic E-state index is 12.1. The van der Waals surface area contributed by atoms with Crippen LogP contribution in [0.5, 0.6) is 5.75 Å². The SMILES string of the molecule is CCOC(=O)c1ccc2ncc(C(N)=O)c(Nc3cccc(OC)c3)c2c1. The Morgan fingerprint density at radius 2 is 2.00 bits per heavy atom. The van der Waals surface area contributed by atoms with Crippen molar-refractivity contribution in [1.29, 1.82) is 0 Å². The summed E-state index contributed by atoms with van der Waals surface area (Å²) in [6, 6.07) is 12.2. The van der Waals surface area contributed by atoms with Gasteiger partial charge in [-0.3, -0.25) is 9.78 Å². The lowest BCUT2D eigenvalue weighted by Crippen LogP contribution is -2.14. The van der Waals surface area contributed by atoms with E-state index in [0.717, 1.165) is 0 Å². The summed E-state index contributed by atoms with van der Waals surface area (Å²) in [7, 11) is 1.57. The summed E-state index contributed by atoms with van der Waals surface area (Å²) in [5, 5.41) is 3.78. The first-order valence-electron chi connectivity index (χ1n) is 8.34. The molecule has 0 aliphatic rings. The molecule has 0 radical (unpaired) electrons. The molecule has 0 atom stereocenters. The van der Waals surface area contributed by atoms with Gasteiger partial charge < -0.3 is 20.5 Å². The number of ether oxygens (including phenoxy) is 2. The van der Waals surface area contributed by atoms with Gasteiger partial charge in [-0.15, -0.1) is 0 Å². The predicted molar refractivity (Wildman–Crippen MR) is 102 cm³/mol. The zero-order chi connectivity index (χ0) is 19.4. The molecule has 0 spiro atoms. The molecule has 0 bridgehead atoms. The maximum absolute atomic E-state index is 12.1. The first-order chi connectivity index (χ1) is 13.0. The van der Waals surface area contributed by atoms with E-state index in [1.54, 1.807) is 38.3 Å². The molecule has 3 rings (SSSR count).